The van der Waals surface area contributed by atoms with E-state index < -0.39 is 0 Å². The Morgan fingerprint density at radius 2 is 2.37 bits per heavy atom. The van der Waals surface area contributed by atoms with E-state index in [1.807, 2.05) is 35.7 Å². The monoisotopic (exact) mass is 263 g/mol. The van der Waals surface area contributed by atoms with E-state index in [-0.39, 0.29) is 18.6 Å². The van der Waals surface area contributed by atoms with Gasteiger partial charge in [0.1, 0.15) is 6.61 Å². The molecule has 19 heavy (non-hydrogen) atoms. The summed E-state index contributed by atoms with van der Waals surface area (Å²) in [7, 11) is 0. The summed E-state index contributed by atoms with van der Waals surface area (Å²) >= 11 is 0. The van der Waals surface area contributed by atoms with Crippen LogP contribution in [0.1, 0.15) is 18.8 Å². The molecule has 0 bridgehead atoms. The van der Waals surface area contributed by atoms with Crippen LogP contribution < -0.4 is 11.1 Å². The van der Waals surface area contributed by atoms with Gasteiger partial charge in [-0.25, -0.2) is 0 Å². The van der Waals surface area contributed by atoms with Gasteiger partial charge in [-0.15, -0.1) is 10.2 Å². The van der Waals surface area contributed by atoms with Crippen molar-refractivity contribution >= 4 is 11.6 Å². The first-order valence-electron chi connectivity index (χ1n) is 6.09. The lowest BCUT2D eigenvalue weighted by Crippen LogP contribution is -2.31. The fourth-order valence-corrected chi connectivity index (χ4v) is 1.75. The van der Waals surface area contributed by atoms with Crippen LogP contribution in [0.2, 0.25) is 0 Å². The first-order valence-corrected chi connectivity index (χ1v) is 6.09. The summed E-state index contributed by atoms with van der Waals surface area (Å²) in [5.41, 5.74) is 6.03. The van der Waals surface area contributed by atoms with Crippen molar-refractivity contribution in [2.24, 2.45) is 5.73 Å². The van der Waals surface area contributed by atoms with Crippen LogP contribution in [-0.4, -0.2) is 40.3 Å². The summed E-state index contributed by atoms with van der Waals surface area (Å²) in [6.45, 7) is 2.62. The van der Waals surface area contributed by atoms with Gasteiger partial charge in [-0.2, -0.15) is 0 Å². The predicted octanol–water partition coefficient (Wildman–Crippen LogP) is -0.118. The van der Waals surface area contributed by atoms with Crippen LogP contribution in [0.3, 0.4) is 0 Å². The molecule has 0 spiro atoms. The third-order valence-electron chi connectivity index (χ3n) is 2.60. The summed E-state index contributed by atoms with van der Waals surface area (Å²) in [6.07, 6.45) is 1.86. The number of rotatable bonds is 6. The molecular weight excluding hydrogens is 246 g/mol. The summed E-state index contributed by atoms with van der Waals surface area (Å²) in [5.74, 6) is 0.483. The van der Waals surface area contributed by atoms with E-state index in [4.69, 9.17) is 10.5 Å². The van der Waals surface area contributed by atoms with Crippen molar-refractivity contribution in [2.45, 2.75) is 13.0 Å². The maximum Gasteiger partial charge on any atom is 0.246 e. The average Bonchev–Trinajstić information content (AvgIpc) is 2.83. The molecule has 0 saturated carbocycles. The molecule has 3 N–H and O–H groups in total. The maximum absolute atomic E-state index is 11.6. The van der Waals surface area contributed by atoms with Gasteiger partial charge in [-0.1, -0.05) is 6.07 Å². The molecule has 0 aliphatic rings. The van der Waals surface area contributed by atoms with E-state index in [1.54, 1.807) is 0 Å². The Morgan fingerprint density at radius 3 is 3.16 bits per heavy atom. The van der Waals surface area contributed by atoms with Crippen LogP contribution in [0.15, 0.2) is 24.4 Å². The molecule has 2 aromatic rings. The number of carbonyl (C=O) groups is 1. The Kier molecular flexibility index (Phi) is 4.43. The van der Waals surface area contributed by atoms with Crippen molar-refractivity contribution in [3.05, 3.63) is 30.2 Å². The molecule has 0 saturated heterocycles. The zero-order chi connectivity index (χ0) is 13.7. The quantitative estimate of drug-likeness (QED) is 0.709. The fourth-order valence-electron chi connectivity index (χ4n) is 1.75. The van der Waals surface area contributed by atoms with Crippen LogP contribution >= 0.6 is 0 Å². The standard InChI is InChI=1S/C12H17N5O2/c1-9(14-11(18)8-19-7-5-13)12-16-15-10-4-2-3-6-17(10)12/h2-4,6,9H,5,7-8,13H2,1H3,(H,14,18). The minimum absolute atomic E-state index is 0.00171. The second-order valence-electron chi connectivity index (χ2n) is 4.12. The second kappa shape index (κ2) is 6.26. The minimum Gasteiger partial charge on any atom is -0.370 e. The number of ether oxygens (including phenoxy) is 1. The van der Waals surface area contributed by atoms with Gasteiger partial charge >= 0.3 is 0 Å². The molecule has 102 valence electrons. The van der Waals surface area contributed by atoms with Crippen molar-refractivity contribution in [3.8, 4) is 0 Å². The number of aromatic nitrogens is 3. The number of carbonyl (C=O) groups excluding carboxylic acids is 1. The van der Waals surface area contributed by atoms with Gasteiger partial charge in [-0.05, 0) is 19.1 Å². The molecule has 7 nitrogen and oxygen atoms in total. The van der Waals surface area contributed by atoms with Crippen LogP contribution in [0.4, 0.5) is 0 Å². The van der Waals surface area contributed by atoms with Crippen LogP contribution in [-0.2, 0) is 9.53 Å². The SMILES string of the molecule is CC(NC(=O)COCCN)c1nnc2ccccn12. The Labute approximate surface area is 110 Å². The van der Waals surface area contributed by atoms with Crippen LogP contribution in [0.5, 0.6) is 0 Å². The minimum atomic E-state index is -0.244. The highest BCUT2D eigenvalue weighted by Crippen LogP contribution is 2.11. The lowest BCUT2D eigenvalue weighted by Gasteiger charge is -2.12. The van der Waals surface area contributed by atoms with Crippen LogP contribution in [0, 0.1) is 0 Å². The first-order chi connectivity index (χ1) is 9.22. The fraction of sp³-hybridized carbons (Fsp3) is 0.417. The lowest BCUT2D eigenvalue weighted by atomic mass is 10.3. The maximum atomic E-state index is 11.6. The predicted molar refractivity (Wildman–Crippen MR) is 69.4 cm³/mol. The Hall–Kier alpha value is -1.99. The van der Waals surface area contributed by atoms with Gasteiger partial charge in [0.2, 0.25) is 5.91 Å². The molecule has 2 rings (SSSR count). The van der Waals surface area contributed by atoms with Crippen molar-refractivity contribution in [3.63, 3.8) is 0 Å². The molecule has 2 heterocycles. The molecule has 0 aromatic carbocycles. The van der Waals surface area contributed by atoms with Gasteiger partial charge in [0.05, 0.1) is 12.6 Å². The zero-order valence-corrected chi connectivity index (χ0v) is 10.7. The average molecular weight is 263 g/mol. The van der Waals surface area contributed by atoms with Gasteiger partial charge in [0, 0.05) is 12.7 Å². The normalized spacial score (nSPS) is 12.5. The number of amides is 1. The lowest BCUT2D eigenvalue weighted by molar-refractivity contribution is -0.126. The molecule has 0 aliphatic heterocycles. The van der Waals surface area contributed by atoms with Gasteiger partial charge in [-0.3, -0.25) is 9.20 Å². The summed E-state index contributed by atoms with van der Waals surface area (Å²) in [4.78, 5) is 11.6. The second-order valence-corrected chi connectivity index (χ2v) is 4.12. The number of pyridine rings is 1. The van der Waals surface area contributed by atoms with Crippen molar-refractivity contribution < 1.29 is 9.53 Å². The number of nitrogens with one attached hydrogen (secondary N) is 1. The summed E-state index contributed by atoms with van der Waals surface area (Å²) in [6, 6.07) is 5.39. The molecule has 0 radical (unpaired) electrons. The summed E-state index contributed by atoms with van der Waals surface area (Å²) in [5, 5.41) is 10.9. The van der Waals surface area contributed by atoms with Gasteiger partial charge in [0.25, 0.3) is 0 Å². The van der Waals surface area contributed by atoms with E-state index in [0.29, 0.717) is 19.0 Å². The van der Waals surface area contributed by atoms with Crippen molar-refractivity contribution in [1.82, 2.24) is 19.9 Å². The number of hydrogen-bond acceptors (Lipinski definition) is 5. The number of fused-ring (bicyclic) bond motifs is 1. The first kappa shape index (κ1) is 13.4. The van der Waals surface area contributed by atoms with E-state index in [1.165, 1.54) is 0 Å². The zero-order valence-electron chi connectivity index (χ0n) is 10.7. The third-order valence-corrected chi connectivity index (χ3v) is 2.60. The van der Waals surface area contributed by atoms with Gasteiger partial charge < -0.3 is 15.8 Å². The van der Waals surface area contributed by atoms with Crippen molar-refractivity contribution in [1.29, 1.82) is 0 Å². The van der Waals surface area contributed by atoms with E-state index >= 15 is 0 Å². The Bertz CT molecular complexity index is 554. The molecule has 7 heteroatoms. The Morgan fingerprint density at radius 1 is 1.53 bits per heavy atom. The third kappa shape index (κ3) is 3.27. The highest BCUT2D eigenvalue weighted by Gasteiger charge is 2.15. The molecule has 1 amide bonds. The van der Waals surface area contributed by atoms with Crippen LogP contribution in [0.25, 0.3) is 5.65 Å². The molecule has 2 aromatic heterocycles. The van der Waals surface area contributed by atoms with E-state index in [9.17, 15) is 4.79 Å². The van der Waals surface area contributed by atoms with E-state index in [2.05, 4.69) is 15.5 Å². The molecule has 1 atom stereocenters. The Balaban J connectivity index is 1.99. The van der Waals surface area contributed by atoms with Gasteiger partial charge in [0.15, 0.2) is 11.5 Å². The molecule has 0 aliphatic carbocycles. The summed E-state index contributed by atoms with van der Waals surface area (Å²) < 4.78 is 6.91. The number of nitrogens with zero attached hydrogens (tertiary/aromatic N) is 3. The number of nitrogens with two attached hydrogens (primary N) is 1. The smallest absolute Gasteiger partial charge is 0.246 e. The highest BCUT2D eigenvalue weighted by molar-refractivity contribution is 5.77. The molecule has 0 fully saturated rings. The largest absolute Gasteiger partial charge is 0.370 e. The molecule has 1 unspecified atom stereocenters. The topological polar surface area (TPSA) is 94.5 Å². The highest BCUT2D eigenvalue weighted by atomic mass is 16.5. The van der Waals surface area contributed by atoms with E-state index in [0.717, 1.165) is 5.65 Å². The molecular formula is C12H17N5O2. The number of hydrogen-bond donors (Lipinski definition) is 2. The van der Waals surface area contributed by atoms with Crippen molar-refractivity contribution in [2.75, 3.05) is 19.8 Å².